The summed E-state index contributed by atoms with van der Waals surface area (Å²) in [6.07, 6.45) is 4.43. The number of fused-ring (bicyclic) bond motifs is 7. The van der Waals surface area contributed by atoms with Crippen LogP contribution in [0.2, 0.25) is 5.02 Å². The molecule has 3 unspecified atom stereocenters. The number of thiophene rings is 1. The summed E-state index contributed by atoms with van der Waals surface area (Å²) in [5.41, 5.74) is 5.52. The van der Waals surface area contributed by atoms with Gasteiger partial charge in [-0.1, -0.05) is 23.7 Å². The smallest absolute Gasteiger partial charge is 0.262 e. The quantitative estimate of drug-likeness (QED) is 0.248. The predicted octanol–water partition coefficient (Wildman–Crippen LogP) is 5.18. The molecule has 2 aromatic heterocycles. The van der Waals surface area contributed by atoms with Crippen molar-refractivity contribution >= 4 is 63.9 Å². The lowest BCUT2D eigenvalue weighted by Gasteiger charge is -2.53. The Morgan fingerprint density at radius 2 is 1.63 bits per heavy atom. The summed E-state index contributed by atoms with van der Waals surface area (Å²) >= 11 is 7.99. The molecule has 5 fully saturated rings. The van der Waals surface area contributed by atoms with E-state index < -0.39 is 35.7 Å². The summed E-state index contributed by atoms with van der Waals surface area (Å²) in [5, 5.41) is 13.0. The van der Waals surface area contributed by atoms with Crippen LogP contribution in [0.15, 0.2) is 47.5 Å². The Morgan fingerprint density at radius 1 is 0.883 bits per heavy atom. The molecule has 14 nitrogen and oxygen atoms in total. The molecule has 310 valence electrons. The largest absolute Gasteiger partial charge is 0.366 e. The number of hydrogen-bond donors (Lipinski definition) is 1. The summed E-state index contributed by atoms with van der Waals surface area (Å²) in [7, 11) is 0. The number of anilines is 1. The van der Waals surface area contributed by atoms with E-state index in [0.29, 0.717) is 47.0 Å². The molecule has 1 N–H and O–H groups in total. The number of rotatable bonds is 7. The molecule has 0 saturated carbocycles. The summed E-state index contributed by atoms with van der Waals surface area (Å²) in [6, 6.07) is 12.3. The lowest BCUT2D eigenvalue weighted by atomic mass is 9.87. The second-order valence-corrected chi connectivity index (χ2v) is 18.7. The number of aromatic nitrogens is 3. The number of piperidine rings is 4. The molecule has 4 atom stereocenters. The van der Waals surface area contributed by atoms with E-state index in [1.165, 1.54) is 4.88 Å². The number of likely N-dealkylation sites (tertiary alicyclic amines) is 1. The molecule has 5 saturated heterocycles. The first-order valence-electron chi connectivity index (χ1n) is 20.9. The molecule has 0 radical (unpaired) electrons. The van der Waals surface area contributed by atoms with Crippen molar-refractivity contribution in [1.29, 1.82) is 0 Å². The fourth-order valence-electron chi connectivity index (χ4n) is 10.2. The zero-order valence-corrected chi connectivity index (χ0v) is 35.4. The number of piperazine rings is 1. The number of aryl methyl sites for hydroxylation is 2. The molecular formula is C44H46ClN9O5S. The average molecular weight is 848 g/mol. The topological polar surface area (TPSA) is 153 Å². The molecule has 7 aliphatic heterocycles. The van der Waals surface area contributed by atoms with Crippen molar-refractivity contribution in [3.05, 3.63) is 91.8 Å². The van der Waals surface area contributed by atoms with Crippen LogP contribution in [-0.4, -0.2) is 116 Å². The number of amides is 5. The van der Waals surface area contributed by atoms with Crippen LogP contribution in [-0.2, 0) is 14.4 Å². The molecule has 7 aliphatic rings. The maximum Gasteiger partial charge on any atom is 0.262 e. The minimum atomic E-state index is -0.982. The van der Waals surface area contributed by atoms with Crippen molar-refractivity contribution in [2.24, 2.45) is 10.9 Å². The second-order valence-electron chi connectivity index (χ2n) is 17.1. The van der Waals surface area contributed by atoms with Crippen molar-refractivity contribution < 1.29 is 24.0 Å². The third-order valence-electron chi connectivity index (χ3n) is 13.6. The summed E-state index contributed by atoms with van der Waals surface area (Å²) in [6.45, 7) is 10.3. The third-order valence-corrected chi connectivity index (χ3v) is 15.0. The van der Waals surface area contributed by atoms with Gasteiger partial charge in [0.1, 0.15) is 22.9 Å². The molecule has 0 spiro atoms. The van der Waals surface area contributed by atoms with Crippen molar-refractivity contribution in [3.8, 4) is 5.00 Å². The fourth-order valence-corrected chi connectivity index (χ4v) is 11.6. The summed E-state index contributed by atoms with van der Waals surface area (Å²) in [5.74, 6) is 0.0368. The van der Waals surface area contributed by atoms with Crippen molar-refractivity contribution in [1.82, 2.24) is 34.8 Å². The average Bonchev–Trinajstić information content (AvgIpc) is 3.82. The van der Waals surface area contributed by atoms with E-state index >= 15 is 0 Å². The van der Waals surface area contributed by atoms with Gasteiger partial charge in [0.15, 0.2) is 5.82 Å². The van der Waals surface area contributed by atoms with Crippen LogP contribution < -0.4 is 10.2 Å². The highest BCUT2D eigenvalue weighted by atomic mass is 35.5. The normalized spacial score (nSPS) is 24.3. The van der Waals surface area contributed by atoms with Gasteiger partial charge < -0.3 is 9.80 Å². The molecule has 5 amide bonds. The van der Waals surface area contributed by atoms with E-state index in [9.17, 15) is 24.0 Å². The lowest BCUT2D eigenvalue weighted by molar-refractivity contribution is -0.136. The van der Waals surface area contributed by atoms with Gasteiger partial charge in [-0.25, -0.2) is 0 Å². The standard InChI is InChI=1S/C44H46ClN9O5S/c1-23-24(2)60-44-38(23)39(27-4-6-28(45)7-5-27)46-34(40-49-48-25(3)53(40)44)19-37(56)50-16-14-26(15-17-50)20-51-21-31-9-8-30(51)22-52(31)29-10-11-32-33(18-29)43(59)54(42(32)58)35-12-13-36(55)47-41(35)57/h4-7,10-11,18,26,30-31,34-35H,8-9,12-17,19-22H2,1-3H3,(H,47,55,57)/t30?,31?,34-,35?/m0/s1. The molecule has 2 bridgehead atoms. The Labute approximate surface area is 356 Å². The Morgan fingerprint density at radius 3 is 2.37 bits per heavy atom. The van der Waals surface area contributed by atoms with Crippen LogP contribution in [0.25, 0.3) is 5.00 Å². The summed E-state index contributed by atoms with van der Waals surface area (Å²) < 4.78 is 2.09. The molecule has 2 aromatic carbocycles. The minimum absolute atomic E-state index is 0.0745. The van der Waals surface area contributed by atoms with Crippen LogP contribution >= 0.6 is 22.9 Å². The van der Waals surface area contributed by atoms with Gasteiger partial charge in [-0.2, -0.15) is 0 Å². The van der Waals surface area contributed by atoms with Gasteiger partial charge in [-0.05, 0) is 94.7 Å². The highest BCUT2D eigenvalue weighted by molar-refractivity contribution is 7.15. The van der Waals surface area contributed by atoms with Gasteiger partial charge in [0.05, 0.1) is 23.3 Å². The molecule has 11 rings (SSSR count). The van der Waals surface area contributed by atoms with E-state index in [4.69, 9.17) is 16.6 Å². The highest BCUT2D eigenvalue weighted by Gasteiger charge is 2.46. The number of imide groups is 2. The Hall–Kier alpha value is -5.25. The summed E-state index contributed by atoms with van der Waals surface area (Å²) in [4.78, 5) is 79.7. The number of benzene rings is 2. The van der Waals surface area contributed by atoms with Crippen molar-refractivity contribution in [2.45, 2.75) is 89.9 Å². The van der Waals surface area contributed by atoms with Crippen molar-refractivity contribution in [3.63, 3.8) is 0 Å². The predicted molar refractivity (Wildman–Crippen MR) is 226 cm³/mol. The Kier molecular flexibility index (Phi) is 9.75. The maximum absolute atomic E-state index is 14.1. The number of nitrogens with one attached hydrogen (secondary N) is 1. The van der Waals surface area contributed by atoms with E-state index in [2.05, 4.69) is 43.7 Å². The van der Waals surface area contributed by atoms with E-state index in [0.717, 1.165) is 89.1 Å². The molecular weight excluding hydrogens is 802 g/mol. The number of carbonyl (C=O) groups excluding carboxylic acids is 5. The van der Waals surface area contributed by atoms with Gasteiger partial charge in [0.2, 0.25) is 17.7 Å². The number of hydrogen-bond acceptors (Lipinski definition) is 11. The van der Waals surface area contributed by atoms with E-state index in [-0.39, 0.29) is 31.2 Å². The van der Waals surface area contributed by atoms with Gasteiger partial charge in [-0.15, -0.1) is 21.5 Å². The SMILES string of the molecule is Cc1sc2c(c1C)C(c1ccc(Cl)cc1)=N[C@@H](CC(=O)N1CCC(CN3CC4CCC3CN4c3ccc4c(c3)C(=O)N(C3CCC(=O)NC3=O)C4=O)CC1)c1nnc(C)n1-2. The van der Waals surface area contributed by atoms with Gasteiger partial charge >= 0.3 is 0 Å². The van der Waals surface area contributed by atoms with Gasteiger partial charge in [-0.3, -0.25) is 48.6 Å². The molecule has 16 heteroatoms. The van der Waals surface area contributed by atoms with Crippen LogP contribution in [0.4, 0.5) is 5.69 Å². The first-order chi connectivity index (χ1) is 28.9. The first-order valence-corrected chi connectivity index (χ1v) is 22.1. The van der Waals surface area contributed by atoms with E-state index in [1.807, 2.05) is 48.2 Å². The van der Waals surface area contributed by atoms with Crippen LogP contribution in [0, 0.1) is 26.7 Å². The van der Waals surface area contributed by atoms with Gasteiger partial charge in [0.25, 0.3) is 11.8 Å². The number of halogens is 1. The Bertz CT molecular complexity index is 2510. The van der Waals surface area contributed by atoms with Gasteiger partial charge in [0, 0.05) is 77.9 Å². The van der Waals surface area contributed by atoms with Crippen LogP contribution in [0.3, 0.4) is 0 Å². The van der Waals surface area contributed by atoms with Crippen LogP contribution in [0.5, 0.6) is 0 Å². The fraction of sp³-hybridized carbons (Fsp3) is 0.455. The molecule has 9 heterocycles. The zero-order chi connectivity index (χ0) is 41.6. The number of aliphatic imine (C=N–C) groups is 1. The lowest BCUT2D eigenvalue weighted by Crippen LogP contribution is -2.63. The van der Waals surface area contributed by atoms with Crippen molar-refractivity contribution in [2.75, 3.05) is 37.6 Å². The number of nitrogens with zero attached hydrogens (tertiary/aromatic N) is 8. The second kappa shape index (κ2) is 15.0. The molecule has 0 aliphatic carbocycles. The zero-order valence-electron chi connectivity index (χ0n) is 33.8. The highest BCUT2D eigenvalue weighted by Crippen LogP contribution is 2.41. The van der Waals surface area contributed by atoms with Crippen LogP contribution in [0.1, 0.15) is 105 Å². The Balaban J connectivity index is 0.786. The van der Waals surface area contributed by atoms with E-state index in [1.54, 1.807) is 17.4 Å². The molecule has 60 heavy (non-hydrogen) atoms. The number of carbonyl (C=O) groups is 5. The molecule has 4 aromatic rings. The first kappa shape index (κ1) is 38.9. The maximum atomic E-state index is 14.1. The monoisotopic (exact) mass is 847 g/mol. The minimum Gasteiger partial charge on any atom is -0.366 e. The third kappa shape index (κ3) is 6.56.